The van der Waals surface area contributed by atoms with Crippen molar-refractivity contribution in [3.05, 3.63) is 57.6 Å². The van der Waals surface area contributed by atoms with Crippen molar-refractivity contribution in [3.8, 4) is 5.75 Å². The number of carbonyl (C=O) groups excluding carboxylic acids is 2. The summed E-state index contributed by atoms with van der Waals surface area (Å²) < 4.78 is 5.69. The zero-order valence-electron chi connectivity index (χ0n) is 14.8. The van der Waals surface area contributed by atoms with Gasteiger partial charge in [0.25, 0.3) is 11.6 Å². The van der Waals surface area contributed by atoms with E-state index in [0.29, 0.717) is 11.4 Å². The van der Waals surface area contributed by atoms with Gasteiger partial charge < -0.3 is 20.3 Å². The first-order valence-corrected chi connectivity index (χ1v) is 8.73. The Kier molecular flexibility index (Phi) is 5.65. The van der Waals surface area contributed by atoms with E-state index in [1.54, 1.807) is 29.2 Å². The normalized spacial score (nSPS) is 15.2. The number of hydrogen-bond donors (Lipinski definition) is 2. The van der Waals surface area contributed by atoms with Gasteiger partial charge in [0.2, 0.25) is 5.91 Å². The van der Waals surface area contributed by atoms with Gasteiger partial charge in [-0.1, -0.05) is 23.7 Å². The molecular weight excluding hydrogens is 388 g/mol. The lowest BCUT2D eigenvalue weighted by Crippen LogP contribution is -2.50. The molecule has 9 nitrogen and oxygen atoms in total. The molecule has 2 aromatic rings. The fraction of sp³-hybridized carbons (Fsp3) is 0.222. The van der Waals surface area contributed by atoms with Crippen LogP contribution in [0.15, 0.2) is 42.5 Å². The van der Waals surface area contributed by atoms with Gasteiger partial charge in [0.05, 0.1) is 23.7 Å². The Hall–Kier alpha value is -3.33. The average Bonchev–Trinajstić information content (AvgIpc) is 2.68. The number of nitro groups is 1. The Morgan fingerprint density at radius 2 is 2.07 bits per heavy atom. The zero-order chi connectivity index (χ0) is 20.3. The van der Waals surface area contributed by atoms with Crippen molar-refractivity contribution in [2.45, 2.75) is 6.10 Å². The van der Waals surface area contributed by atoms with E-state index in [9.17, 15) is 19.7 Å². The number of likely N-dealkylation sites (N-methyl/N-ethyl adjacent to an activating group) is 1. The minimum Gasteiger partial charge on any atom is -0.477 e. The molecule has 0 bridgehead atoms. The third-order valence-electron chi connectivity index (χ3n) is 4.17. The summed E-state index contributed by atoms with van der Waals surface area (Å²) in [4.78, 5) is 36.8. The molecule has 0 aromatic heterocycles. The van der Waals surface area contributed by atoms with Gasteiger partial charge in [-0.3, -0.25) is 19.7 Å². The van der Waals surface area contributed by atoms with Crippen molar-refractivity contribution < 1.29 is 19.2 Å². The highest BCUT2D eigenvalue weighted by atomic mass is 35.5. The van der Waals surface area contributed by atoms with Crippen LogP contribution in [-0.4, -0.2) is 43.0 Å². The SMILES string of the molecule is CNC(=O)[C@H]1CN(CC(=O)Nc2ccc(Cl)cc2[N+](=O)[O-])c2ccccc2O1. The van der Waals surface area contributed by atoms with Crippen LogP contribution in [0.2, 0.25) is 5.02 Å². The molecule has 1 atom stereocenters. The summed E-state index contributed by atoms with van der Waals surface area (Å²) in [7, 11) is 1.50. The number of hydrogen-bond acceptors (Lipinski definition) is 6. The Bertz CT molecular complexity index is 936. The highest BCUT2D eigenvalue weighted by Gasteiger charge is 2.31. The Morgan fingerprint density at radius 3 is 2.79 bits per heavy atom. The molecule has 0 radical (unpaired) electrons. The summed E-state index contributed by atoms with van der Waals surface area (Å²) in [6.07, 6.45) is -0.780. The smallest absolute Gasteiger partial charge is 0.294 e. The van der Waals surface area contributed by atoms with Crippen molar-refractivity contribution in [2.75, 3.05) is 30.4 Å². The van der Waals surface area contributed by atoms with E-state index in [2.05, 4.69) is 10.6 Å². The number of halogens is 1. The van der Waals surface area contributed by atoms with Gasteiger partial charge in [0.15, 0.2) is 6.10 Å². The highest BCUT2D eigenvalue weighted by Crippen LogP contribution is 2.33. The number of carbonyl (C=O) groups is 2. The molecule has 0 saturated carbocycles. The fourth-order valence-corrected chi connectivity index (χ4v) is 3.05. The van der Waals surface area contributed by atoms with E-state index in [1.165, 1.54) is 25.2 Å². The molecule has 2 aromatic carbocycles. The topological polar surface area (TPSA) is 114 Å². The van der Waals surface area contributed by atoms with Crippen molar-refractivity contribution in [3.63, 3.8) is 0 Å². The molecule has 146 valence electrons. The Morgan fingerprint density at radius 1 is 1.32 bits per heavy atom. The Balaban J connectivity index is 1.80. The Labute approximate surface area is 165 Å². The number of nitro benzene ring substituents is 1. The fourth-order valence-electron chi connectivity index (χ4n) is 2.88. The number of amides is 2. The molecule has 2 amide bonds. The van der Waals surface area contributed by atoms with E-state index in [4.69, 9.17) is 16.3 Å². The van der Waals surface area contributed by atoms with Crippen LogP contribution in [0.3, 0.4) is 0 Å². The van der Waals surface area contributed by atoms with Gasteiger partial charge in [0, 0.05) is 18.1 Å². The van der Waals surface area contributed by atoms with Crippen LogP contribution in [0.5, 0.6) is 5.75 Å². The molecule has 0 saturated heterocycles. The molecular formula is C18H17ClN4O5. The van der Waals surface area contributed by atoms with Crippen LogP contribution in [-0.2, 0) is 9.59 Å². The van der Waals surface area contributed by atoms with E-state index in [1.807, 2.05) is 0 Å². The number of para-hydroxylation sites is 2. The highest BCUT2D eigenvalue weighted by molar-refractivity contribution is 6.31. The van der Waals surface area contributed by atoms with E-state index < -0.39 is 16.9 Å². The molecule has 10 heteroatoms. The number of fused-ring (bicyclic) bond motifs is 1. The van der Waals surface area contributed by atoms with E-state index in [0.717, 1.165) is 0 Å². The quantitative estimate of drug-likeness (QED) is 0.583. The second-order valence-electron chi connectivity index (χ2n) is 6.04. The standard InChI is InChI=1S/C18H17ClN4O5/c1-20-18(25)16-9-22(13-4-2-3-5-15(13)28-16)10-17(24)21-12-7-6-11(19)8-14(12)23(26)27/h2-8,16H,9-10H2,1H3,(H,20,25)(H,21,24)/t16-/m1/s1. The van der Waals surface area contributed by atoms with Gasteiger partial charge in [-0.2, -0.15) is 0 Å². The maximum Gasteiger partial charge on any atom is 0.294 e. The first-order chi connectivity index (χ1) is 13.4. The number of nitrogens with zero attached hydrogens (tertiary/aromatic N) is 2. The summed E-state index contributed by atoms with van der Waals surface area (Å²) in [5.74, 6) is -0.307. The lowest BCUT2D eigenvalue weighted by atomic mass is 10.1. The second-order valence-corrected chi connectivity index (χ2v) is 6.47. The number of anilines is 2. The maximum atomic E-state index is 12.5. The van der Waals surface area contributed by atoms with Crippen LogP contribution in [0, 0.1) is 10.1 Å². The largest absolute Gasteiger partial charge is 0.477 e. The lowest BCUT2D eigenvalue weighted by Gasteiger charge is -2.34. The third kappa shape index (κ3) is 4.15. The zero-order valence-corrected chi connectivity index (χ0v) is 15.6. The van der Waals surface area contributed by atoms with Gasteiger partial charge >= 0.3 is 0 Å². The number of rotatable bonds is 5. The molecule has 3 rings (SSSR count). The molecule has 1 aliphatic heterocycles. The van der Waals surface area contributed by atoms with Crippen LogP contribution in [0.1, 0.15) is 0 Å². The summed E-state index contributed by atoms with van der Waals surface area (Å²) in [5.41, 5.74) is 0.402. The number of nitrogens with one attached hydrogen (secondary N) is 2. The molecule has 28 heavy (non-hydrogen) atoms. The molecule has 0 unspecified atom stereocenters. The predicted molar refractivity (Wildman–Crippen MR) is 104 cm³/mol. The van der Waals surface area contributed by atoms with Crippen LogP contribution in [0.4, 0.5) is 17.1 Å². The molecule has 0 fully saturated rings. The summed E-state index contributed by atoms with van der Waals surface area (Å²) in [5, 5.41) is 16.4. The molecule has 1 aliphatic rings. The minimum absolute atomic E-state index is 0.0452. The molecule has 2 N–H and O–H groups in total. The minimum atomic E-state index is -0.780. The first kappa shape index (κ1) is 19.4. The van der Waals surface area contributed by atoms with Gasteiger partial charge in [-0.15, -0.1) is 0 Å². The maximum absolute atomic E-state index is 12.5. The first-order valence-electron chi connectivity index (χ1n) is 8.35. The summed E-state index contributed by atoms with van der Waals surface area (Å²) in [6, 6.07) is 11.0. The predicted octanol–water partition coefficient (Wildman–Crippen LogP) is 2.20. The third-order valence-corrected chi connectivity index (χ3v) is 4.40. The molecule has 0 spiro atoms. The molecule has 0 aliphatic carbocycles. The van der Waals surface area contributed by atoms with Crippen LogP contribution < -0.4 is 20.3 Å². The summed E-state index contributed by atoms with van der Waals surface area (Å²) in [6.45, 7) is 0.0421. The summed E-state index contributed by atoms with van der Waals surface area (Å²) >= 11 is 5.79. The van der Waals surface area contributed by atoms with Crippen molar-refractivity contribution in [2.24, 2.45) is 0 Å². The van der Waals surface area contributed by atoms with Crippen molar-refractivity contribution >= 4 is 40.5 Å². The van der Waals surface area contributed by atoms with Gasteiger partial charge in [-0.25, -0.2) is 0 Å². The number of benzene rings is 2. The molecule has 1 heterocycles. The van der Waals surface area contributed by atoms with Crippen LogP contribution in [0.25, 0.3) is 0 Å². The van der Waals surface area contributed by atoms with Crippen LogP contribution >= 0.6 is 11.6 Å². The van der Waals surface area contributed by atoms with Gasteiger partial charge in [-0.05, 0) is 24.3 Å². The number of ether oxygens (including phenoxy) is 1. The monoisotopic (exact) mass is 404 g/mol. The van der Waals surface area contributed by atoms with Crippen molar-refractivity contribution in [1.29, 1.82) is 0 Å². The second kappa shape index (κ2) is 8.13. The van der Waals surface area contributed by atoms with Gasteiger partial charge in [0.1, 0.15) is 11.4 Å². The van der Waals surface area contributed by atoms with E-state index >= 15 is 0 Å². The lowest BCUT2D eigenvalue weighted by molar-refractivity contribution is -0.383. The van der Waals surface area contributed by atoms with Crippen molar-refractivity contribution in [1.82, 2.24) is 5.32 Å². The van der Waals surface area contributed by atoms with E-state index in [-0.39, 0.29) is 35.4 Å². The average molecular weight is 405 g/mol.